The number of aryl methyl sites for hydroxylation is 1. The molecule has 0 aliphatic carbocycles. The van der Waals surface area contributed by atoms with Crippen LogP contribution in [0.5, 0.6) is 5.75 Å². The molecule has 0 saturated heterocycles. The maximum absolute atomic E-state index is 12.2. The van der Waals surface area contributed by atoms with Crippen molar-refractivity contribution in [2.75, 3.05) is 19.8 Å². The van der Waals surface area contributed by atoms with Crippen LogP contribution in [0, 0.1) is 6.92 Å². The van der Waals surface area contributed by atoms with Crippen LogP contribution in [0.4, 0.5) is 13.2 Å². The molecule has 1 amide bonds. The Labute approximate surface area is 154 Å². The van der Waals surface area contributed by atoms with Gasteiger partial charge in [-0.3, -0.25) is 4.79 Å². The number of alkyl halides is 3. The number of aliphatic hydroxyl groups is 1. The first-order chi connectivity index (χ1) is 12.8. The minimum absolute atomic E-state index is 0.109. The van der Waals surface area contributed by atoms with Crippen molar-refractivity contribution in [3.05, 3.63) is 65.2 Å². The summed E-state index contributed by atoms with van der Waals surface area (Å²) in [4.78, 5) is 12.2. The van der Waals surface area contributed by atoms with Gasteiger partial charge in [-0.15, -0.1) is 13.2 Å². The standard InChI is InChI=1S/C19H20F3NO4/c1-13-2-4-14(5-3-13)17(26-11-10-24)12-23-18(25)15-6-8-16(9-7-15)27-19(20,21)22/h2-9,17,24H,10-12H2,1H3,(H,23,25). The van der Waals surface area contributed by atoms with E-state index in [1.54, 1.807) is 0 Å². The molecule has 0 bridgehead atoms. The second-order valence-electron chi connectivity index (χ2n) is 5.78. The van der Waals surface area contributed by atoms with Gasteiger partial charge in [-0.25, -0.2) is 0 Å². The van der Waals surface area contributed by atoms with Gasteiger partial charge in [0.2, 0.25) is 0 Å². The maximum Gasteiger partial charge on any atom is 0.573 e. The first-order valence-corrected chi connectivity index (χ1v) is 8.21. The van der Waals surface area contributed by atoms with Crippen LogP contribution in [-0.4, -0.2) is 37.1 Å². The SMILES string of the molecule is Cc1ccc(C(CNC(=O)c2ccc(OC(F)(F)F)cc2)OCCO)cc1. The summed E-state index contributed by atoms with van der Waals surface area (Å²) in [5.74, 6) is -0.860. The van der Waals surface area contributed by atoms with Crippen LogP contribution in [-0.2, 0) is 4.74 Å². The molecule has 2 rings (SSSR count). The van der Waals surface area contributed by atoms with E-state index in [-0.39, 0.29) is 25.3 Å². The Kier molecular flexibility index (Phi) is 7.20. The van der Waals surface area contributed by atoms with Gasteiger partial charge in [0.15, 0.2) is 0 Å². The Balaban J connectivity index is 1.99. The molecular formula is C19H20F3NO4. The maximum atomic E-state index is 12.2. The fraction of sp³-hybridized carbons (Fsp3) is 0.316. The lowest BCUT2D eigenvalue weighted by atomic mass is 10.1. The number of rotatable bonds is 8. The zero-order valence-corrected chi connectivity index (χ0v) is 14.6. The summed E-state index contributed by atoms with van der Waals surface area (Å²) in [6.07, 6.45) is -5.25. The molecule has 27 heavy (non-hydrogen) atoms. The lowest BCUT2D eigenvalue weighted by Gasteiger charge is -2.19. The topological polar surface area (TPSA) is 67.8 Å². The zero-order valence-electron chi connectivity index (χ0n) is 14.6. The van der Waals surface area contributed by atoms with Gasteiger partial charge in [0.1, 0.15) is 5.75 Å². The normalized spacial score (nSPS) is 12.5. The van der Waals surface area contributed by atoms with E-state index in [9.17, 15) is 18.0 Å². The van der Waals surface area contributed by atoms with E-state index in [0.29, 0.717) is 0 Å². The average Bonchev–Trinajstić information content (AvgIpc) is 2.62. The summed E-state index contributed by atoms with van der Waals surface area (Å²) < 4.78 is 45.8. The minimum Gasteiger partial charge on any atom is -0.406 e. The third-order valence-corrected chi connectivity index (χ3v) is 3.66. The van der Waals surface area contributed by atoms with Crippen LogP contribution in [0.3, 0.4) is 0 Å². The monoisotopic (exact) mass is 383 g/mol. The van der Waals surface area contributed by atoms with E-state index in [0.717, 1.165) is 23.3 Å². The Hall–Kier alpha value is -2.58. The highest BCUT2D eigenvalue weighted by molar-refractivity contribution is 5.94. The van der Waals surface area contributed by atoms with E-state index >= 15 is 0 Å². The van der Waals surface area contributed by atoms with Crippen molar-refractivity contribution < 1.29 is 32.5 Å². The summed E-state index contributed by atoms with van der Waals surface area (Å²) in [5.41, 5.74) is 2.10. The Morgan fingerprint density at radius 2 is 1.74 bits per heavy atom. The number of hydrogen-bond acceptors (Lipinski definition) is 4. The van der Waals surface area contributed by atoms with Gasteiger partial charge in [-0.1, -0.05) is 29.8 Å². The van der Waals surface area contributed by atoms with Crippen LogP contribution < -0.4 is 10.1 Å². The highest BCUT2D eigenvalue weighted by atomic mass is 19.4. The average molecular weight is 383 g/mol. The summed E-state index contributed by atoms with van der Waals surface area (Å²) in [7, 11) is 0. The second-order valence-corrected chi connectivity index (χ2v) is 5.78. The number of amides is 1. The van der Waals surface area contributed by atoms with Crippen molar-refractivity contribution in [3.63, 3.8) is 0 Å². The van der Waals surface area contributed by atoms with Gasteiger partial charge in [0.05, 0.1) is 19.3 Å². The number of hydrogen-bond donors (Lipinski definition) is 2. The molecule has 0 spiro atoms. The molecule has 0 saturated carbocycles. The van der Waals surface area contributed by atoms with E-state index in [1.165, 1.54) is 12.1 Å². The molecule has 5 nitrogen and oxygen atoms in total. The summed E-state index contributed by atoms with van der Waals surface area (Å²) in [6, 6.07) is 12.2. The number of carbonyl (C=O) groups is 1. The van der Waals surface area contributed by atoms with E-state index in [1.807, 2.05) is 31.2 Å². The molecule has 2 aromatic rings. The first kappa shape index (κ1) is 20.7. The van der Waals surface area contributed by atoms with Crippen LogP contribution in [0.25, 0.3) is 0 Å². The molecular weight excluding hydrogens is 363 g/mol. The molecule has 1 atom stereocenters. The molecule has 0 aliphatic heterocycles. The highest BCUT2D eigenvalue weighted by Crippen LogP contribution is 2.23. The largest absolute Gasteiger partial charge is 0.573 e. The van der Waals surface area contributed by atoms with Gasteiger partial charge in [-0.05, 0) is 36.8 Å². The molecule has 0 fully saturated rings. The Morgan fingerprint density at radius 1 is 1.11 bits per heavy atom. The molecule has 146 valence electrons. The number of halogens is 3. The lowest BCUT2D eigenvalue weighted by molar-refractivity contribution is -0.274. The molecule has 2 N–H and O–H groups in total. The van der Waals surface area contributed by atoms with Gasteiger partial charge in [-0.2, -0.15) is 0 Å². The predicted molar refractivity (Wildman–Crippen MR) is 92.4 cm³/mol. The van der Waals surface area contributed by atoms with E-state index < -0.39 is 24.1 Å². The molecule has 0 radical (unpaired) electrons. The molecule has 1 unspecified atom stereocenters. The fourth-order valence-corrected chi connectivity index (χ4v) is 2.34. The van der Waals surface area contributed by atoms with Gasteiger partial charge >= 0.3 is 6.36 Å². The molecule has 8 heteroatoms. The van der Waals surface area contributed by atoms with Crippen molar-refractivity contribution >= 4 is 5.91 Å². The number of benzene rings is 2. The molecule has 0 aliphatic rings. The highest BCUT2D eigenvalue weighted by Gasteiger charge is 2.31. The number of aliphatic hydroxyl groups excluding tert-OH is 1. The van der Waals surface area contributed by atoms with Crippen molar-refractivity contribution in [2.45, 2.75) is 19.4 Å². The van der Waals surface area contributed by atoms with Crippen LogP contribution >= 0.6 is 0 Å². The summed E-state index contributed by atoms with van der Waals surface area (Å²) in [6.45, 7) is 2.04. The van der Waals surface area contributed by atoms with Gasteiger partial charge in [0, 0.05) is 12.1 Å². The number of nitrogens with one attached hydrogen (secondary N) is 1. The predicted octanol–water partition coefficient (Wildman–Crippen LogP) is 3.37. The number of carbonyl (C=O) groups excluding carboxylic acids is 1. The zero-order chi connectivity index (χ0) is 19.9. The minimum atomic E-state index is -4.78. The summed E-state index contributed by atoms with van der Waals surface area (Å²) >= 11 is 0. The molecule has 2 aromatic carbocycles. The third-order valence-electron chi connectivity index (χ3n) is 3.66. The molecule has 0 heterocycles. The third kappa shape index (κ3) is 6.92. The first-order valence-electron chi connectivity index (χ1n) is 8.21. The van der Waals surface area contributed by atoms with E-state index in [2.05, 4.69) is 10.1 Å². The van der Waals surface area contributed by atoms with Crippen LogP contribution in [0.1, 0.15) is 27.6 Å². The van der Waals surface area contributed by atoms with Crippen molar-refractivity contribution in [1.29, 1.82) is 0 Å². The Bertz CT molecular complexity index is 730. The van der Waals surface area contributed by atoms with Gasteiger partial charge in [0.25, 0.3) is 5.91 Å². The second kappa shape index (κ2) is 9.38. The van der Waals surface area contributed by atoms with Crippen LogP contribution in [0.2, 0.25) is 0 Å². The quantitative estimate of drug-likeness (QED) is 0.734. The Morgan fingerprint density at radius 3 is 2.30 bits per heavy atom. The van der Waals surface area contributed by atoms with Crippen molar-refractivity contribution in [3.8, 4) is 5.75 Å². The van der Waals surface area contributed by atoms with Crippen LogP contribution in [0.15, 0.2) is 48.5 Å². The molecule has 0 aromatic heterocycles. The number of ether oxygens (including phenoxy) is 2. The fourth-order valence-electron chi connectivity index (χ4n) is 2.34. The summed E-state index contributed by atoms with van der Waals surface area (Å²) in [5, 5.41) is 11.6. The van der Waals surface area contributed by atoms with Crippen molar-refractivity contribution in [2.24, 2.45) is 0 Å². The van der Waals surface area contributed by atoms with Gasteiger partial charge < -0.3 is 19.9 Å². The van der Waals surface area contributed by atoms with E-state index in [4.69, 9.17) is 9.84 Å². The smallest absolute Gasteiger partial charge is 0.406 e. The van der Waals surface area contributed by atoms with Crippen molar-refractivity contribution in [1.82, 2.24) is 5.32 Å². The lowest BCUT2D eigenvalue weighted by Crippen LogP contribution is -2.30.